The highest BCUT2D eigenvalue weighted by atomic mass is 32.1. The molecule has 18 heavy (non-hydrogen) atoms. The number of carbonyl (C=O) groups excluding carboxylic acids is 1. The predicted molar refractivity (Wildman–Crippen MR) is 69.7 cm³/mol. The molecule has 0 atom stereocenters. The smallest absolute Gasteiger partial charge is 0.260 e. The fourth-order valence-corrected chi connectivity index (χ4v) is 2.43. The molecular formula is C11H15N5OS. The summed E-state index contributed by atoms with van der Waals surface area (Å²) in [5.41, 5.74) is 1.26. The second-order valence-corrected chi connectivity index (χ2v) is 5.52. The van der Waals surface area contributed by atoms with E-state index in [9.17, 15) is 4.79 Å². The number of aromatic amines is 1. The molecule has 0 aliphatic rings. The van der Waals surface area contributed by atoms with Crippen LogP contribution >= 0.6 is 11.3 Å². The van der Waals surface area contributed by atoms with E-state index in [4.69, 9.17) is 0 Å². The molecule has 2 N–H and O–H groups in total. The van der Waals surface area contributed by atoms with Crippen LogP contribution in [0.3, 0.4) is 0 Å². The first kappa shape index (κ1) is 12.7. The summed E-state index contributed by atoms with van der Waals surface area (Å²) in [6, 6.07) is 0. The zero-order valence-electron chi connectivity index (χ0n) is 10.5. The van der Waals surface area contributed by atoms with Crippen LogP contribution in [0.5, 0.6) is 0 Å². The highest BCUT2D eigenvalue weighted by Gasteiger charge is 2.13. The van der Waals surface area contributed by atoms with Crippen LogP contribution in [0.4, 0.5) is 5.13 Å². The third-order valence-corrected chi connectivity index (χ3v) is 3.21. The summed E-state index contributed by atoms with van der Waals surface area (Å²) in [5, 5.41) is 18.7. The number of rotatable bonds is 4. The minimum atomic E-state index is -0.214. The average Bonchev–Trinajstić information content (AvgIpc) is 2.87. The van der Waals surface area contributed by atoms with E-state index >= 15 is 0 Å². The van der Waals surface area contributed by atoms with E-state index < -0.39 is 0 Å². The number of H-pyrrole nitrogens is 1. The summed E-state index contributed by atoms with van der Waals surface area (Å²) in [4.78, 5) is 11.9. The molecule has 7 heteroatoms. The number of aromatic nitrogens is 4. The molecule has 0 radical (unpaired) electrons. The lowest BCUT2D eigenvalue weighted by Crippen LogP contribution is -2.12. The fraction of sp³-hybridized carbons (Fsp3) is 0.455. The van der Waals surface area contributed by atoms with E-state index in [0.29, 0.717) is 16.6 Å². The summed E-state index contributed by atoms with van der Waals surface area (Å²) in [5.74, 6) is 0.311. The molecule has 2 heterocycles. The fourth-order valence-electron chi connectivity index (χ4n) is 1.48. The number of aryl methyl sites for hydroxylation is 1. The van der Waals surface area contributed by atoms with Crippen LogP contribution < -0.4 is 5.32 Å². The van der Waals surface area contributed by atoms with Crippen molar-refractivity contribution < 1.29 is 4.79 Å². The molecule has 6 nitrogen and oxygen atoms in total. The number of nitrogens with zero attached hydrogens (tertiary/aromatic N) is 3. The van der Waals surface area contributed by atoms with E-state index in [-0.39, 0.29) is 5.91 Å². The van der Waals surface area contributed by atoms with Crippen molar-refractivity contribution in [3.05, 3.63) is 22.5 Å². The Labute approximate surface area is 109 Å². The first-order valence-corrected chi connectivity index (χ1v) is 6.51. The van der Waals surface area contributed by atoms with E-state index in [1.807, 2.05) is 0 Å². The van der Waals surface area contributed by atoms with Gasteiger partial charge in [-0.05, 0) is 12.8 Å². The van der Waals surface area contributed by atoms with Gasteiger partial charge in [0.2, 0.25) is 5.13 Å². The maximum Gasteiger partial charge on any atom is 0.260 e. The topological polar surface area (TPSA) is 83.6 Å². The summed E-state index contributed by atoms with van der Waals surface area (Å²) in [6.45, 7) is 6.04. The van der Waals surface area contributed by atoms with Gasteiger partial charge in [-0.3, -0.25) is 15.2 Å². The molecule has 0 aromatic carbocycles. The van der Waals surface area contributed by atoms with Gasteiger partial charge in [0.05, 0.1) is 11.8 Å². The summed E-state index contributed by atoms with van der Waals surface area (Å²) in [7, 11) is 0. The van der Waals surface area contributed by atoms with E-state index in [2.05, 4.69) is 39.6 Å². The van der Waals surface area contributed by atoms with Gasteiger partial charge in [-0.2, -0.15) is 5.10 Å². The van der Waals surface area contributed by atoms with Crippen LogP contribution in [0.1, 0.15) is 34.9 Å². The average molecular weight is 265 g/mol. The van der Waals surface area contributed by atoms with Gasteiger partial charge in [0.25, 0.3) is 5.91 Å². The van der Waals surface area contributed by atoms with Gasteiger partial charge < -0.3 is 0 Å². The molecule has 0 saturated carbocycles. The second kappa shape index (κ2) is 5.26. The van der Waals surface area contributed by atoms with Crippen molar-refractivity contribution in [3.8, 4) is 0 Å². The Kier molecular flexibility index (Phi) is 3.71. The standard InChI is InChI=1S/C11H15N5OS/c1-6(2)4-9-15-16-11(18-9)13-10(17)8-5-12-14-7(8)3/h5-6H,4H2,1-3H3,(H,12,14)(H,13,16,17). The van der Waals surface area contributed by atoms with Crippen molar-refractivity contribution >= 4 is 22.4 Å². The molecule has 2 rings (SSSR count). The lowest BCUT2D eigenvalue weighted by molar-refractivity contribution is 0.102. The van der Waals surface area contributed by atoms with Crippen LogP contribution in [0, 0.1) is 12.8 Å². The number of anilines is 1. The maximum atomic E-state index is 11.9. The minimum absolute atomic E-state index is 0.214. The Morgan fingerprint density at radius 1 is 1.50 bits per heavy atom. The highest BCUT2D eigenvalue weighted by Crippen LogP contribution is 2.19. The predicted octanol–water partition coefficient (Wildman–Crippen LogP) is 2.02. The summed E-state index contributed by atoms with van der Waals surface area (Å²) in [6.07, 6.45) is 2.37. The molecule has 0 fully saturated rings. The number of hydrogen-bond acceptors (Lipinski definition) is 5. The Bertz CT molecular complexity index is 545. The van der Waals surface area contributed by atoms with E-state index in [1.54, 1.807) is 6.92 Å². The molecule has 0 aliphatic heterocycles. The van der Waals surface area contributed by atoms with E-state index in [1.165, 1.54) is 17.5 Å². The zero-order valence-corrected chi connectivity index (χ0v) is 11.3. The summed E-state index contributed by atoms with van der Waals surface area (Å²) >= 11 is 1.41. The molecular weight excluding hydrogens is 250 g/mol. The van der Waals surface area contributed by atoms with Crippen LogP contribution in [-0.4, -0.2) is 26.3 Å². The molecule has 2 aromatic heterocycles. The number of carbonyl (C=O) groups is 1. The molecule has 96 valence electrons. The molecule has 0 bridgehead atoms. The van der Waals surface area contributed by atoms with Gasteiger partial charge in [0, 0.05) is 12.1 Å². The van der Waals surface area contributed by atoms with Crippen molar-refractivity contribution in [3.63, 3.8) is 0 Å². The maximum absolute atomic E-state index is 11.9. The normalized spacial score (nSPS) is 10.9. The SMILES string of the molecule is Cc1[nH]ncc1C(=O)Nc1nnc(CC(C)C)s1. The first-order valence-electron chi connectivity index (χ1n) is 5.70. The van der Waals surface area contributed by atoms with Gasteiger partial charge in [0.15, 0.2) is 0 Å². The van der Waals surface area contributed by atoms with Gasteiger partial charge >= 0.3 is 0 Å². The van der Waals surface area contributed by atoms with Crippen molar-refractivity contribution in [2.45, 2.75) is 27.2 Å². The first-order chi connectivity index (χ1) is 8.56. The zero-order chi connectivity index (χ0) is 13.1. The van der Waals surface area contributed by atoms with Crippen molar-refractivity contribution in [1.29, 1.82) is 0 Å². The minimum Gasteiger partial charge on any atom is -0.296 e. The van der Waals surface area contributed by atoms with Gasteiger partial charge in [-0.1, -0.05) is 25.2 Å². The Balaban J connectivity index is 2.04. The van der Waals surface area contributed by atoms with Crippen molar-refractivity contribution in [1.82, 2.24) is 20.4 Å². The molecule has 0 saturated heterocycles. The van der Waals surface area contributed by atoms with Gasteiger partial charge in [-0.15, -0.1) is 10.2 Å². The quantitative estimate of drug-likeness (QED) is 0.885. The van der Waals surface area contributed by atoms with Crippen LogP contribution in [0.2, 0.25) is 0 Å². The Hall–Kier alpha value is -1.76. The largest absolute Gasteiger partial charge is 0.296 e. The molecule has 1 amide bonds. The van der Waals surface area contributed by atoms with Crippen LogP contribution in [-0.2, 0) is 6.42 Å². The van der Waals surface area contributed by atoms with E-state index in [0.717, 1.165) is 17.1 Å². The second-order valence-electron chi connectivity index (χ2n) is 4.46. The number of hydrogen-bond donors (Lipinski definition) is 2. The molecule has 0 unspecified atom stereocenters. The van der Waals surface area contributed by atoms with Crippen LogP contribution in [0.15, 0.2) is 6.20 Å². The van der Waals surface area contributed by atoms with Gasteiger partial charge in [0.1, 0.15) is 5.01 Å². The third kappa shape index (κ3) is 2.92. The highest BCUT2D eigenvalue weighted by molar-refractivity contribution is 7.15. The lowest BCUT2D eigenvalue weighted by atomic mass is 10.1. The Morgan fingerprint density at radius 3 is 2.89 bits per heavy atom. The Morgan fingerprint density at radius 2 is 2.28 bits per heavy atom. The third-order valence-electron chi connectivity index (χ3n) is 2.34. The van der Waals surface area contributed by atoms with Crippen molar-refractivity contribution in [2.24, 2.45) is 5.92 Å². The molecule has 0 aliphatic carbocycles. The summed E-state index contributed by atoms with van der Waals surface area (Å²) < 4.78 is 0. The monoisotopic (exact) mass is 265 g/mol. The van der Waals surface area contributed by atoms with Crippen LogP contribution in [0.25, 0.3) is 0 Å². The number of amides is 1. The van der Waals surface area contributed by atoms with Crippen molar-refractivity contribution in [2.75, 3.05) is 5.32 Å². The van der Waals surface area contributed by atoms with Gasteiger partial charge in [-0.25, -0.2) is 0 Å². The number of nitrogens with one attached hydrogen (secondary N) is 2. The molecule has 0 spiro atoms. The lowest BCUT2D eigenvalue weighted by Gasteiger charge is -1.99. The molecule has 2 aromatic rings.